The van der Waals surface area contributed by atoms with E-state index < -0.39 is 6.10 Å². The minimum atomic E-state index is -0.585. The Morgan fingerprint density at radius 3 is 2.41 bits per heavy atom. The van der Waals surface area contributed by atoms with Crippen molar-refractivity contribution in [1.29, 1.82) is 0 Å². The first-order valence-electron chi connectivity index (χ1n) is 7.38. The summed E-state index contributed by atoms with van der Waals surface area (Å²) in [6.45, 7) is 8.93. The van der Waals surface area contributed by atoms with Crippen molar-refractivity contribution in [1.82, 2.24) is 5.32 Å². The molecule has 1 aliphatic rings. The van der Waals surface area contributed by atoms with Gasteiger partial charge in [0.15, 0.2) is 17.6 Å². The van der Waals surface area contributed by atoms with Gasteiger partial charge in [-0.25, -0.2) is 0 Å². The SMILES string of the molecule is CCOc1c(C)cc(CC2OC(=S)NC2=O)c(C)c1OCC. The van der Waals surface area contributed by atoms with E-state index in [0.717, 1.165) is 28.2 Å². The summed E-state index contributed by atoms with van der Waals surface area (Å²) < 4.78 is 16.8. The molecule has 5 nitrogen and oxygen atoms in total. The molecule has 1 amide bonds. The lowest BCUT2D eigenvalue weighted by molar-refractivity contribution is -0.123. The molecule has 1 aromatic rings. The summed E-state index contributed by atoms with van der Waals surface area (Å²) >= 11 is 4.87. The van der Waals surface area contributed by atoms with E-state index in [2.05, 4.69) is 5.32 Å². The molecule has 22 heavy (non-hydrogen) atoms. The van der Waals surface area contributed by atoms with E-state index in [-0.39, 0.29) is 11.1 Å². The number of thiocarbonyl (C=S) groups is 1. The standard InChI is InChI=1S/C16H21NO4S/c1-5-19-13-9(3)7-11(10(4)14(13)20-6-2)8-12-15(18)17-16(22)21-12/h7,12H,5-6,8H2,1-4H3,(H,17,18,22). The van der Waals surface area contributed by atoms with Crippen LogP contribution in [-0.2, 0) is 16.0 Å². The lowest BCUT2D eigenvalue weighted by Crippen LogP contribution is -2.26. The zero-order chi connectivity index (χ0) is 16.3. The number of carbonyl (C=O) groups is 1. The fourth-order valence-electron chi connectivity index (χ4n) is 2.51. The van der Waals surface area contributed by atoms with E-state index >= 15 is 0 Å². The van der Waals surface area contributed by atoms with Crippen molar-refractivity contribution >= 4 is 23.3 Å². The summed E-state index contributed by atoms with van der Waals surface area (Å²) in [7, 11) is 0. The first-order chi connectivity index (χ1) is 10.5. The van der Waals surface area contributed by atoms with Gasteiger partial charge < -0.3 is 14.2 Å². The molecule has 1 heterocycles. The molecule has 0 saturated carbocycles. The third-order valence-corrected chi connectivity index (χ3v) is 3.73. The molecular weight excluding hydrogens is 302 g/mol. The molecule has 1 aliphatic heterocycles. The van der Waals surface area contributed by atoms with Crippen LogP contribution in [0.1, 0.15) is 30.5 Å². The van der Waals surface area contributed by atoms with Crippen LogP contribution in [0.4, 0.5) is 0 Å². The number of carbonyl (C=O) groups excluding carboxylic acids is 1. The molecule has 0 aromatic heterocycles. The molecule has 0 bridgehead atoms. The Balaban J connectivity index is 2.36. The van der Waals surface area contributed by atoms with Crippen molar-refractivity contribution in [2.75, 3.05) is 13.2 Å². The molecule has 1 atom stereocenters. The molecule has 2 rings (SSSR count). The fraction of sp³-hybridized carbons (Fsp3) is 0.500. The first-order valence-corrected chi connectivity index (χ1v) is 7.78. The smallest absolute Gasteiger partial charge is 0.268 e. The minimum Gasteiger partial charge on any atom is -0.490 e. The molecule has 1 saturated heterocycles. The number of aryl methyl sites for hydroxylation is 1. The number of hydrogen-bond acceptors (Lipinski definition) is 5. The summed E-state index contributed by atoms with van der Waals surface area (Å²) in [4.78, 5) is 11.8. The molecule has 1 aromatic carbocycles. The molecule has 6 heteroatoms. The van der Waals surface area contributed by atoms with Crippen molar-refractivity contribution in [3.63, 3.8) is 0 Å². The fourth-order valence-corrected chi connectivity index (χ4v) is 2.73. The maximum Gasteiger partial charge on any atom is 0.268 e. The Morgan fingerprint density at radius 1 is 1.23 bits per heavy atom. The number of hydrogen-bond donors (Lipinski definition) is 1. The molecule has 0 radical (unpaired) electrons. The average molecular weight is 323 g/mol. The van der Waals surface area contributed by atoms with Crippen LogP contribution in [0.25, 0.3) is 0 Å². The quantitative estimate of drug-likeness (QED) is 0.815. The van der Waals surface area contributed by atoms with Crippen LogP contribution in [0, 0.1) is 13.8 Å². The zero-order valence-electron chi connectivity index (χ0n) is 13.3. The number of benzene rings is 1. The molecule has 0 aliphatic carbocycles. The third-order valence-electron chi connectivity index (χ3n) is 3.53. The van der Waals surface area contributed by atoms with Gasteiger partial charge in [-0.2, -0.15) is 0 Å². The summed E-state index contributed by atoms with van der Waals surface area (Å²) in [5.41, 5.74) is 2.94. The van der Waals surface area contributed by atoms with Crippen molar-refractivity contribution < 1.29 is 19.0 Å². The second-order valence-corrected chi connectivity index (χ2v) is 5.46. The van der Waals surface area contributed by atoms with Gasteiger partial charge in [-0.15, -0.1) is 0 Å². The number of amides is 1. The Bertz CT molecular complexity index is 600. The predicted molar refractivity (Wildman–Crippen MR) is 87.6 cm³/mol. The highest BCUT2D eigenvalue weighted by Crippen LogP contribution is 2.37. The van der Waals surface area contributed by atoms with Crippen LogP contribution in [-0.4, -0.2) is 30.4 Å². The highest BCUT2D eigenvalue weighted by Gasteiger charge is 2.31. The van der Waals surface area contributed by atoms with Crippen molar-refractivity contribution in [3.8, 4) is 11.5 Å². The maximum absolute atomic E-state index is 11.8. The molecule has 0 spiro atoms. The molecule has 1 fully saturated rings. The topological polar surface area (TPSA) is 56.8 Å². The summed E-state index contributed by atoms with van der Waals surface area (Å²) in [5, 5.41) is 2.65. The van der Waals surface area contributed by atoms with Gasteiger partial charge in [-0.1, -0.05) is 6.07 Å². The molecule has 1 N–H and O–H groups in total. The summed E-state index contributed by atoms with van der Waals surface area (Å²) in [5.74, 6) is 1.30. The van der Waals surface area contributed by atoms with Crippen LogP contribution < -0.4 is 14.8 Å². The Labute approximate surface area is 135 Å². The van der Waals surface area contributed by atoms with Crippen LogP contribution in [0.3, 0.4) is 0 Å². The highest BCUT2D eigenvalue weighted by atomic mass is 32.1. The zero-order valence-corrected chi connectivity index (χ0v) is 14.1. The van der Waals surface area contributed by atoms with Gasteiger partial charge in [0.1, 0.15) is 0 Å². The van der Waals surface area contributed by atoms with Crippen LogP contribution >= 0.6 is 12.2 Å². The van der Waals surface area contributed by atoms with Crippen molar-refractivity contribution in [2.45, 2.75) is 40.2 Å². The Morgan fingerprint density at radius 2 is 1.86 bits per heavy atom. The molecular formula is C16H21NO4S. The third kappa shape index (κ3) is 3.32. The van der Waals surface area contributed by atoms with E-state index in [1.165, 1.54) is 0 Å². The van der Waals surface area contributed by atoms with E-state index in [9.17, 15) is 4.79 Å². The molecule has 1 unspecified atom stereocenters. The Kier molecular flexibility index (Phi) is 5.24. The second kappa shape index (κ2) is 6.96. The first kappa shape index (κ1) is 16.5. The minimum absolute atomic E-state index is 0.139. The van der Waals surface area contributed by atoms with Gasteiger partial charge in [0.2, 0.25) is 0 Å². The predicted octanol–water partition coefficient (Wildman–Crippen LogP) is 2.44. The van der Waals surface area contributed by atoms with E-state index in [4.69, 9.17) is 26.4 Å². The maximum atomic E-state index is 11.8. The van der Waals surface area contributed by atoms with E-state index in [0.29, 0.717) is 19.6 Å². The normalized spacial score (nSPS) is 17.2. The van der Waals surface area contributed by atoms with Crippen molar-refractivity contribution in [3.05, 3.63) is 22.8 Å². The molecule has 120 valence electrons. The van der Waals surface area contributed by atoms with Gasteiger partial charge in [-0.05, 0) is 56.6 Å². The highest BCUT2D eigenvalue weighted by molar-refractivity contribution is 7.80. The van der Waals surface area contributed by atoms with Crippen LogP contribution in [0.15, 0.2) is 6.07 Å². The van der Waals surface area contributed by atoms with Crippen LogP contribution in [0.5, 0.6) is 11.5 Å². The largest absolute Gasteiger partial charge is 0.490 e. The number of ether oxygens (including phenoxy) is 3. The van der Waals surface area contributed by atoms with Gasteiger partial charge in [-0.3, -0.25) is 10.1 Å². The summed E-state index contributed by atoms with van der Waals surface area (Å²) in [6.07, 6.45) is -0.136. The Hall–Kier alpha value is -1.82. The van der Waals surface area contributed by atoms with Gasteiger partial charge in [0.25, 0.3) is 11.1 Å². The van der Waals surface area contributed by atoms with Crippen LogP contribution in [0.2, 0.25) is 0 Å². The van der Waals surface area contributed by atoms with Gasteiger partial charge in [0.05, 0.1) is 13.2 Å². The van der Waals surface area contributed by atoms with Gasteiger partial charge in [0, 0.05) is 6.42 Å². The van der Waals surface area contributed by atoms with Crippen molar-refractivity contribution in [2.24, 2.45) is 0 Å². The van der Waals surface area contributed by atoms with E-state index in [1.54, 1.807) is 0 Å². The van der Waals surface area contributed by atoms with Gasteiger partial charge >= 0.3 is 0 Å². The average Bonchev–Trinajstić information content (AvgIpc) is 2.77. The summed E-state index contributed by atoms with van der Waals surface area (Å²) in [6, 6.07) is 2.01. The monoisotopic (exact) mass is 323 g/mol. The lowest BCUT2D eigenvalue weighted by atomic mass is 9.98. The number of nitrogens with one attached hydrogen (secondary N) is 1. The number of rotatable bonds is 6. The lowest BCUT2D eigenvalue weighted by Gasteiger charge is -2.19. The van der Waals surface area contributed by atoms with E-state index in [1.807, 2.05) is 33.8 Å². The second-order valence-electron chi connectivity index (χ2n) is 5.09.